The highest BCUT2D eigenvalue weighted by Crippen LogP contribution is 2.24. The third kappa shape index (κ3) is 8.43. The number of thiocarbonyl (C=S) groups is 1. The zero-order valence-electron chi connectivity index (χ0n) is 20.6. The van der Waals surface area contributed by atoms with Crippen LogP contribution in [-0.2, 0) is 9.53 Å². The van der Waals surface area contributed by atoms with Crippen LogP contribution in [0.1, 0.15) is 48.2 Å². The molecule has 0 saturated carbocycles. The van der Waals surface area contributed by atoms with Gasteiger partial charge in [0.1, 0.15) is 5.75 Å². The Morgan fingerprint density at radius 3 is 2.53 bits per heavy atom. The number of carbonyl (C=O) groups excluding carboxylic acids is 2. The lowest BCUT2D eigenvalue weighted by Crippen LogP contribution is -2.42. The molecule has 0 fully saturated rings. The molecule has 0 heterocycles. The van der Waals surface area contributed by atoms with Crippen LogP contribution in [0.3, 0.4) is 0 Å². The molecular weight excluding hydrogens is 450 g/mol. The third-order valence-electron chi connectivity index (χ3n) is 5.40. The Bertz CT molecular complexity index is 1010. The number of carbonyl (C=O) groups is 2. The maximum absolute atomic E-state index is 12.8. The van der Waals surface area contributed by atoms with Gasteiger partial charge in [-0.3, -0.25) is 9.59 Å². The number of anilines is 1. The lowest BCUT2D eigenvalue weighted by Gasteiger charge is -2.24. The van der Waals surface area contributed by atoms with E-state index in [0.29, 0.717) is 37.4 Å². The Morgan fingerprint density at radius 2 is 1.79 bits per heavy atom. The molecule has 0 saturated heterocycles. The van der Waals surface area contributed by atoms with Crippen molar-refractivity contribution in [3.8, 4) is 5.75 Å². The number of hydrogen-bond donors (Lipinski definition) is 3. The average Bonchev–Trinajstić information content (AvgIpc) is 2.79. The van der Waals surface area contributed by atoms with E-state index in [9.17, 15) is 9.59 Å². The maximum Gasteiger partial charge on any atom is 0.253 e. The van der Waals surface area contributed by atoms with Gasteiger partial charge in [-0.25, -0.2) is 0 Å². The summed E-state index contributed by atoms with van der Waals surface area (Å²) in [6.07, 6.45) is 1.35. The Morgan fingerprint density at radius 1 is 1.06 bits per heavy atom. The van der Waals surface area contributed by atoms with Gasteiger partial charge in [-0.1, -0.05) is 38.1 Å². The second-order valence-corrected chi connectivity index (χ2v) is 9.22. The van der Waals surface area contributed by atoms with E-state index in [1.807, 2.05) is 39.8 Å². The van der Waals surface area contributed by atoms with Crippen molar-refractivity contribution in [1.29, 1.82) is 0 Å². The first-order valence-corrected chi connectivity index (χ1v) is 11.7. The van der Waals surface area contributed by atoms with E-state index in [4.69, 9.17) is 21.7 Å². The van der Waals surface area contributed by atoms with Crippen LogP contribution >= 0.6 is 12.2 Å². The van der Waals surface area contributed by atoms with Crippen LogP contribution in [0.4, 0.5) is 5.69 Å². The van der Waals surface area contributed by atoms with E-state index in [-0.39, 0.29) is 16.9 Å². The molecular formula is C26H35N3O4S. The van der Waals surface area contributed by atoms with Gasteiger partial charge in [-0.15, -0.1) is 0 Å². The number of nitrogens with one attached hydrogen (secondary N) is 3. The van der Waals surface area contributed by atoms with Crippen molar-refractivity contribution < 1.29 is 19.1 Å². The van der Waals surface area contributed by atoms with E-state index in [1.54, 1.807) is 31.4 Å². The molecule has 0 aliphatic heterocycles. The summed E-state index contributed by atoms with van der Waals surface area (Å²) in [4.78, 5) is 25.3. The molecule has 2 aromatic rings. The van der Waals surface area contributed by atoms with Gasteiger partial charge in [-0.2, -0.15) is 0 Å². The van der Waals surface area contributed by atoms with Crippen molar-refractivity contribution in [2.24, 2.45) is 5.41 Å². The Hall–Kier alpha value is -2.97. The predicted octanol–water partition coefficient (Wildman–Crippen LogP) is 4.38. The second kappa shape index (κ2) is 13.1. The summed E-state index contributed by atoms with van der Waals surface area (Å²) < 4.78 is 10.9. The topological polar surface area (TPSA) is 88.7 Å². The molecule has 0 spiro atoms. The predicted molar refractivity (Wildman–Crippen MR) is 139 cm³/mol. The minimum Gasteiger partial charge on any atom is -0.493 e. The lowest BCUT2D eigenvalue weighted by atomic mass is 9.87. The lowest BCUT2D eigenvalue weighted by molar-refractivity contribution is -0.128. The molecule has 8 heteroatoms. The summed E-state index contributed by atoms with van der Waals surface area (Å²) in [7, 11) is 1.57. The second-order valence-electron chi connectivity index (χ2n) is 8.81. The zero-order valence-corrected chi connectivity index (χ0v) is 21.4. The van der Waals surface area contributed by atoms with Gasteiger partial charge >= 0.3 is 0 Å². The summed E-state index contributed by atoms with van der Waals surface area (Å²) >= 11 is 5.34. The molecule has 7 nitrogen and oxygen atoms in total. The molecule has 0 aliphatic rings. The van der Waals surface area contributed by atoms with Crippen LogP contribution in [0.25, 0.3) is 0 Å². The quantitative estimate of drug-likeness (QED) is 0.323. The van der Waals surface area contributed by atoms with Crippen molar-refractivity contribution in [2.75, 3.05) is 32.2 Å². The molecule has 2 amide bonds. The monoisotopic (exact) mass is 485 g/mol. The Balaban J connectivity index is 1.87. The number of aryl methyl sites for hydroxylation is 2. The van der Waals surface area contributed by atoms with Gasteiger partial charge < -0.3 is 25.4 Å². The zero-order chi connectivity index (χ0) is 25.1. The minimum absolute atomic E-state index is 0.141. The Labute approximate surface area is 207 Å². The summed E-state index contributed by atoms with van der Waals surface area (Å²) in [5.74, 6) is 0.426. The molecule has 0 aliphatic carbocycles. The summed E-state index contributed by atoms with van der Waals surface area (Å²) in [5.41, 5.74) is 2.54. The van der Waals surface area contributed by atoms with Crippen LogP contribution in [0.5, 0.6) is 5.75 Å². The van der Waals surface area contributed by atoms with Crippen LogP contribution in [0, 0.1) is 19.3 Å². The molecule has 184 valence electrons. The fourth-order valence-corrected chi connectivity index (χ4v) is 3.45. The Kier molecular flexibility index (Phi) is 10.5. The summed E-state index contributed by atoms with van der Waals surface area (Å²) in [6.45, 7) is 9.13. The molecule has 0 aromatic heterocycles. The fraction of sp³-hybridized carbons (Fsp3) is 0.423. The highest BCUT2D eigenvalue weighted by atomic mass is 32.1. The molecule has 2 rings (SSSR count). The smallest absolute Gasteiger partial charge is 0.253 e. The van der Waals surface area contributed by atoms with Crippen molar-refractivity contribution in [2.45, 2.75) is 40.5 Å². The summed E-state index contributed by atoms with van der Waals surface area (Å²) in [6, 6.07) is 13.1. The van der Waals surface area contributed by atoms with E-state index >= 15 is 0 Å². The first-order valence-electron chi connectivity index (χ1n) is 11.3. The normalized spacial score (nSPS) is 11.0. The number of rotatable bonds is 11. The van der Waals surface area contributed by atoms with Crippen LogP contribution in [0.15, 0.2) is 42.5 Å². The van der Waals surface area contributed by atoms with E-state index in [0.717, 1.165) is 23.3 Å². The maximum atomic E-state index is 12.8. The highest BCUT2D eigenvalue weighted by Gasteiger charge is 2.28. The first kappa shape index (κ1) is 27.3. The largest absolute Gasteiger partial charge is 0.493 e. The highest BCUT2D eigenvalue weighted by molar-refractivity contribution is 7.80. The van der Waals surface area contributed by atoms with Crippen molar-refractivity contribution in [1.82, 2.24) is 10.6 Å². The van der Waals surface area contributed by atoms with Crippen molar-refractivity contribution >= 4 is 34.8 Å². The molecule has 0 atom stereocenters. The van der Waals surface area contributed by atoms with E-state index < -0.39 is 5.41 Å². The van der Waals surface area contributed by atoms with Crippen LogP contribution < -0.4 is 20.7 Å². The van der Waals surface area contributed by atoms with E-state index in [2.05, 4.69) is 22.0 Å². The van der Waals surface area contributed by atoms with Crippen molar-refractivity contribution in [3.05, 3.63) is 59.2 Å². The average molecular weight is 486 g/mol. The minimum atomic E-state index is -0.645. The van der Waals surface area contributed by atoms with Gasteiger partial charge in [0.15, 0.2) is 5.11 Å². The van der Waals surface area contributed by atoms with Gasteiger partial charge in [0.25, 0.3) is 5.91 Å². The molecule has 0 unspecified atom stereocenters. The number of methoxy groups -OCH3 is 1. The van der Waals surface area contributed by atoms with Crippen LogP contribution in [0.2, 0.25) is 0 Å². The fourth-order valence-electron chi connectivity index (χ4n) is 3.25. The number of benzene rings is 2. The molecule has 0 bridgehead atoms. The van der Waals surface area contributed by atoms with Gasteiger partial charge in [0, 0.05) is 19.1 Å². The van der Waals surface area contributed by atoms with Crippen LogP contribution in [-0.4, -0.2) is 43.8 Å². The van der Waals surface area contributed by atoms with Gasteiger partial charge in [0.05, 0.1) is 24.5 Å². The molecule has 34 heavy (non-hydrogen) atoms. The standard InChI is InChI=1S/C26H35N3O4S/c1-18-11-12-19(2)22(17-18)33-15-8-13-26(3,4)24(31)29-25(34)28-21-10-7-6-9-20(21)23(30)27-14-16-32-5/h6-7,9-12,17H,8,13-16H2,1-5H3,(H,27,30)(H2,28,29,31,34). The SMILES string of the molecule is COCCNC(=O)c1ccccc1NC(=S)NC(=O)C(C)(C)CCCOc1cc(C)ccc1C. The third-order valence-corrected chi connectivity index (χ3v) is 5.60. The van der Waals surface area contributed by atoms with Crippen molar-refractivity contribution in [3.63, 3.8) is 0 Å². The number of hydrogen-bond acceptors (Lipinski definition) is 5. The number of amides is 2. The van der Waals surface area contributed by atoms with E-state index in [1.165, 1.54) is 0 Å². The first-order chi connectivity index (χ1) is 16.1. The molecule has 0 radical (unpaired) electrons. The number of para-hydroxylation sites is 1. The van der Waals surface area contributed by atoms with Gasteiger partial charge in [-0.05, 0) is 68.2 Å². The number of ether oxygens (including phenoxy) is 2. The summed E-state index contributed by atoms with van der Waals surface area (Å²) in [5, 5.41) is 8.64. The molecule has 3 N–H and O–H groups in total. The van der Waals surface area contributed by atoms with Gasteiger partial charge in [0.2, 0.25) is 5.91 Å². The molecule has 2 aromatic carbocycles.